The lowest BCUT2D eigenvalue weighted by molar-refractivity contribution is -0.156. The third-order valence-electron chi connectivity index (χ3n) is 3.27. The standard InChI is InChI=1S/C20H18O6/c1-2-18(21)26-14-19(22)25-13-12-24-17-10-8-16(9-11-17)20(23)15-6-4-3-5-7-15/h2-11H,1,12-14H2. The smallest absolute Gasteiger partial charge is 0.344 e. The maximum Gasteiger partial charge on any atom is 0.344 e. The minimum atomic E-state index is -0.691. The van der Waals surface area contributed by atoms with Crippen molar-refractivity contribution in [2.75, 3.05) is 19.8 Å². The van der Waals surface area contributed by atoms with E-state index in [0.717, 1.165) is 6.08 Å². The van der Waals surface area contributed by atoms with Crippen molar-refractivity contribution in [1.29, 1.82) is 0 Å². The summed E-state index contributed by atoms with van der Waals surface area (Å²) >= 11 is 0. The maximum atomic E-state index is 12.3. The number of carbonyl (C=O) groups excluding carboxylic acids is 3. The molecule has 2 rings (SSSR count). The average molecular weight is 354 g/mol. The topological polar surface area (TPSA) is 78.9 Å². The molecule has 0 heterocycles. The zero-order valence-electron chi connectivity index (χ0n) is 14.1. The highest BCUT2D eigenvalue weighted by molar-refractivity contribution is 6.08. The Morgan fingerprint density at radius 3 is 2.15 bits per heavy atom. The Labute approximate surface area is 151 Å². The minimum absolute atomic E-state index is 0.00910. The van der Waals surface area contributed by atoms with Crippen molar-refractivity contribution >= 4 is 17.7 Å². The van der Waals surface area contributed by atoms with Crippen LogP contribution in [0.25, 0.3) is 0 Å². The number of hydrogen-bond donors (Lipinski definition) is 0. The molecule has 0 aromatic heterocycles. The molecule has 134 valence electrons. The molecule has 0 saturated carbocycles. The normalized spacial score (nSPS) is 9.85. The number of hydrogen-bond acceptors (Lipinski definition) is 6. The molecule has 0 N–H and O–H groups in total. The third-order valence-corrected chi connectivity index (χ3v) is 3.27. The van der Waals surface area contributed by atoms with E-state index in [1.165, 1.54) is 0 Å². The lowest BCUT2D eigenvalue weighted by Crippen LogP contribution is -2.18. The molecular formula is C20H18O6. The number of rotatable bonds is 9. The van der Waals surface area contributed by atoms with Crippen LogP contribution in [0.15, 0.2) is 67.3 Å². The van der Waals surface area contributed by atoms with E-state index in [4.69, 9.17) is 9.47 Å². The molecule has 0 fully saturated rings. The maximum absolute atomic E-state index is 12.3. The molecule has 0 atom stereocenters. The number of benzene rings is 2. The first-order chi connectivity index (χ1) is 12.6. The van der Waals surface area contributed by atoms with E-state index in [-0.39, 0.29) is 19.0 Å². The van der Waals surface area contributed by atoms with Crippen LogP contribution in [-0.4, -0.2) is 37.5 Å². The van der Waals surface area contributed by atoms with Crippen LogP contribution < -0.4 is 4.74 Å². The first-order valence-electron chi connectivity index (χ1n) is 7.87. The van der Waals surface area contributed by atoms with Crippen LogP contribution in [-0.2, 0) is 19.1 Å². The van der Waals surface area contributed by atoms with Gasteiger partial charge in [0.05, 0.1) is 0 Å². The van der Waals surface area contributed by atoms with Gasteiger partial charge in [-0.1, -0.05) is 36.9 Å². The second-order valence-corrected chi connectivity index (χ2v) is 5.10. The summed E-state index contributed by atoms with van der Waals surface area (Å²) in [6.45, 7) is 2.88. The lowest BCUT2D eigenvalue weighted by atomic mass is 10.0. The van der Waals surface area contributed by atoms with Crippen LogP contribution in [0, 0.1) is 0 Å². The van der Waals surface area contributed by atoms with Crippen LogP contribution in [0.1, 0.15) is 15.9 Å². The molecule has 0 bridgehead atoms. The summed E-state index contributed by atoms with van der Waals surface area (Å²) in [5.74, 6) is -0.889. The van der Waals surface area contributed by atoms with Crippen molar-refractivity contribution in [3.63, 3.8) is 0 Å². The molecule has 2 aromatic carbocycles. The van der Waals surface area contributed by atoms with Crippen molar-refractivity contribution in [2.45, 2.75) is 0 Å². The van der Waals surface area contributed by atoms with Crippen LogP contribution in [0.2, 0.25) is 0 Å². The van der Waals surface area contributed by atoms with Crippen LogP contribution >= 0.6 is 0 Å². The van der Waals surface area contributed by atoms with Gasteiger partial charge in [-0.25, -0.2) is 9.59 Å². The summed E-state index contributed by atoms with van der Waals surface area (Å²) < 4.78 is 14.8. The first kappa shape index (κ1) is 18.9. The molecule has 0 unspecified atom stereocenters. The summed E-state index contributed by atoms with van der Waals surface area (Å²) in [5.41, 5.74) is 1.17. The van der Waals surface area contributed by atoms with Gasteiger partial charge < -0.3 is 14.2 Å². The molecule has 26 heavy (non-hydrogen) atoms. The van der Waals surface area contributed by atoms with Crippen LogP contribution in [0.5, 0.6) is 5.75 Å². The Hall–Kier alpha value is -3.41. The predicted octanol–water partition coefficient (Wildman–Crippen LogP) is 2.57. The molecule has 0 spiro atoms. The molecule has 0 aliphatic carbocycles. The zero-order chi connectivity index (χ0) is 18.8. The quantitative estimate of drug-likeness (QED) is 0.298. The van der Waals surface area contributed by atoms with Gasteiger partial charge in [-0.3, -0.25) is 4.79 Å². The fraction of sp³-hybridized carbons (Fsp3) is 0.150. The van der Waals surface area contributed by atoms with Crippen molar-refractivity contribution in [3.05, 3.63) is 78.4 Å². The highest BCUT2D eigenvalue weighted by Crippen LogP contribution is 2.15. The number of esters is 2. The van der Waals surface area contributed by atoms with E-state index in [9.17, 15) is 14.4 Å². The largest absolute Gasteiger partial charge is 0.490 e. The minimum Gasteiger partial charge on any atom is -0.490 e. The van der Waals surface area contributed by atoms with Gasteiger partial charge in [0.1, 0.15) is 19.0 Å². The van der Waals surface area contributed by atoms with Gasteiger partial charge in [-0.15, -0.1) is 0 Å². The molecule has 6 heteroatoms. The van der Waals surface area contributed by atoms with E-state index in [2.05, 4.69) is 11.3 Å². The second kappa shape index (κ2) is 9.78. The van der Waals surface area contributed by atoms with Crippen molar-refractivity contribution in [1.82, 2.24) is 0 Å². The van der Waals surface area contributed by atoms with Gasteiger partial charge in [0.25, 0.3) is 0 Å². The molecule has 0 radical (unpaired) electrons. The van der Waals surface area contributed by atoms with Crippen LogP contribution in [0.3, 0.4) is 0 Å². The van der Waals surface area contributed by atoms with Gasteiger partial charge in [0.15, 0.2) is 12.4 Å². The summed E-state index contributed by atoms with van der Waals surface area (Å²) in [6.07, 6.45) is 0.961. The summed E-state index contributed by atoms with van der Waals surface area (Å²) in [6, 6.07) is 15.7. The van der Waals surface area contributed by atoms with Gasteiger partial charge in [0, 0.05) is 17.2 Å². The zero-order valence-corrected chi connectivity index (χ0v) is 14.1. The van der Waals surface area contributed by atoms with Crippen molar-refractivity contribution in [2.24, 2.45) is 0 Å². The highest BCUT2D eigenvalue weighted by atomic mass is 16.6. The Bertz CT molecular complexity index is 765. The van der Waals surface area contributed by atoms with Crippen molar-refractivity contribution < 1.29 is 28.6 Å². The molecule has 0 aliphatic heterocycles. The monoisotopic (exact) mass is 354 g/mol. The van der Waals surface area contributed by atoms with E-state index in [1.54, 1.807) is 36.4 Å². The van der Waals surface area contributed by atoms with Gasteiger partial charge >= 0.3 is 11.9 Å². The number of ether oxygens (including phenoxy) is 3. The SMILES string of the molecule is C=CC(=O)OCC(=O)OCCOc1ccc(C(=O)c2ccccc2)cc1. The predicted molar refractivity (Wildman–Crippen MR) is 93.9 cm³/mol. The van der Waals surface area contributed by atoms with E-state index in [1.807, 2.05) is 18.2 Å². The highest BCUT2D eigenvalue weighted by Gasteiger charge is 2.09. The molecule has 0 amide bonds. The van der Waals surface area contributed by atoms with Gasteiger partial charge in [0.2, 0.25) is 0 Å². The number of ketones is 1. The van der Waals surface area contributed by atoms with E-state index >= 15 is 0 Å². The summed E-state index contributed by atoms with van der Waals surface area (Å²) in [5, 5.41) is 0. The Morgan fingerprint density at radius 2 is 1.50 bits per heavy atom. The van der Waals surface area contributed by atoms with E-state index < -0.39 is 18.5 Å². The molecule has 6 nitrogen and oxygen atoms in total. The van der Waals surface area contributed by atoms with Crippen LogP contribution in [0.4, 0.5) is 0 Å². The van der Waals surface area contributed by atoms with E-state index in [0.29, 0.717) is 16.9 Å². The average Bonchev–Trinajstić information content (AvgIpc) is 2.70. The third kappa shape index (κ3) is 5.90. The number of carbonyl (C=O) groups is 3. The lowest BCUT2D eigenvalue weighted by Gasteiger charge is -2.08. The Morgan fingerprint density at radius 1 is 0.846 bits per heavy atom. The fourth-order valence-corrected chi connectivity index (χ4v) is 2.00. The molecule has 0 aliphatic rings. The van der Waals surface area contributed by atoms with Gasteiger partial charge in [-0.05, 0) is 24.3 Å². The molecule has 2 aromatic rings. The summed E-state index contributed by atoms with van der Waals surface area (Å²) in [7, 11) is 0. The Kier molecular flexibility index (Phi) is 7.12. The van der Waals surface area contributed by atoms with Gasteiger partial charge in [-0.2, -0.15) is 0 Å². The fourth-order valence-electron chi connectivity index (χ4n) is 2.00. The Balaban J connectivity index is 1.74. The first-order valence-corrected chi connectivity index (χ1v) is 7.87. The van der Waals surface area contributed by atoms with Crippen molar-refractivity contribution in [3.8, 4) is 5.75 Å². The molecule has 0 saturated heterocycles. The molecular weight excluding hydrogens is 336 g/mol. The summed E-state index contributed by atoms with van der Waals surface area (Å²) in [4.78, 5) is 34.4. The second-order valence-electron chi connectivity index (χ2n) is 5.10.